The van der Waals surface area contributed by atoms with E-state index in [9.17, 15) is 18.0 Å². The van der Waals surface area contributed by atoms with Crippen LogP contribution in [0.4, 0.5) is 13.2 Å². The molecule has 1 aromatic heterocycles. The molecule has 1 aliphatic heterocycles. The van der Waals surface area contributed by atoms with E-state index in [2.05, 4.69) is 10.2 Å². The number of hydrogen-bond donors (Lipinski definition) is 1. The zero-order valence-corrected chi connectivity index (χ0v) is 8.61. The number of hydrogen-bond acceptors (Lipinski definition) is 4. The molecule has 0 spiro atoms. The van der Waals surface area contributed by atoms with Crippen molar-refractivity contribution in [2.75, 3.05) is 13.2 Å². The third-order valence-electron chi connectivity index (χ3n) is 2.49. The minimum atomic E-state index is -4.55. The predicted molar refractivity (Wildman–Crippen MR) is 47.5 cm³/mol. The molecule has 17 heavy (non-hydrogen) atoms. The maximum atomic E-state index is 12.5. The molecule has 0 aromatic carbocycles. The monoisotopic (exact) mass is 250 g/mol. The van der Waals surface area contributed by atoms with Gasteiger partial charge in [0.15, 0.2) is 5.82 Å². The fourth-order valence-corrected chi connectivity index (χ4v) is 1.68. The molecule has 9 heteroatoms. The average Bonchev–Trinajstić information content (AvgIpc) is 2.70. The fraction of sp³-hybridized carbons (Fsp3) is 0.625. The second kappa shape index (κ2) is 3.99. The molecule has 0 atom stereocenters. The minimum Gasteiger partial charge on any atom is -0.387 e. The van der Waals surface area contributed by atoms with Gasteiger partial charge in [-0.25, -0.2) is 0 Å². The van der Waals surface area contributed by atoms with Crippen LogP contribution in [-0.2, 0) is 24.1 Å². The normalized spacial score (nSPS) is 15.9. The van der Waals surface area contributed by atoms with Gasteiger partial charge in [-0.1, -0.05) is 0 Å². The van der Waals surface area contributed by atoms with Crippen molar-refractivity contribution >= 4 is 5.91 Å². The summed E-state index contributed by atoms with van der Waals surface area (Å²) in [5.74, 6) is -1.51. The van der Waals surface area contributed by atoms with E-state index in [1.165, 1.54) is 4.90 Å². The van der Waals surface area contributed by atoms with Crippen LogP contribution in [0.3, 0.4) is 0 Å². The standard InChI is InChI=1S/C8H9F3N4O2/c9-8(10,11)7-13-12-5-3-14(6(17)4-16)1-2-15(5)7/h16H,1-4H2. The second-order valence-corrected chi connectivity index (χ2v) is 3.56. The zero-order valence-electron chi connectivity index (χ0n) is 8.61. The highest BCUT2D eigenvalue weighted by Crippen LogP contribution is 2.29. The van der Waals surface area contributed by atoms with Gasteiger partial charge in [0.25, 0.3) is 0 Å². The number of alkyl halides is 3. The van der Waals surface area contributed by atoms with Crippen LogP contribution in [0.15, 0.2) is 0 Å². The third kappa shape index (κ3) is 2.09. The Balaban J connectivity index is 2.25. The van der Waals surface area contributed by atoms with Crippen molar-refractivity contribution in [2.24, 2.45) is 0 Å². The number of rotatable bonds is 1. The molecule has 0 bridgehead atoms. The van der Waals surface area contributed by atoms with Crippen LogP contribution in [0.2, 0.25) is 0 Å². The summed E-state index contributed by atoms with van der Waals surface area (Å²) in [6.07, 6.45) is -4.55. The SMILES string of the molecule is O=C(CO)N1CCn2c(nnc2C(F)(F)F)C1. The van der Waals surface area contributed by atoms with Crippen LogP contribution in [-0.4, -0.2) is 43.8 Å². The molecule has 0 unspecified atom stereocenters. The largest absolute Gasteiger partial charge is 0.451 e. The molecule has 2 heterocycles. The first-order valence-corrected chi connectivity index (χ1v) is 4.81. The molecule has 94 valence electrons. The Morgan fingerprint density at radius 3 is 2.65 bits per heavy atom. The van der Waals surface area contributed by atoms with Crippen LogP contribution in [0.25, 0.3) is 0 Å². The van der Waals surface area contributed by atoms with Crippen LogP contribution in [0, 0.1) is 0 Å². The molecule has 1 aliphatic rings. The lowest BCUT2D eigenvalue weighted by molar-refractivity contribution is -0.148. The number of carbonyl (C=O) groups excluding carboxylic acids is 1. The lowest BCUT2D eigenvalue weighted by Crippen LogP contribution is -2.40. The van der Waals surface area contributed by atoms with E-state index >= 15 is 0 Å². The quantitative estimate of drug-likeness (QED) is 0.738. The molecule has 6 nitrogen and oxygen atoms in total. The smallest absolute Gasteiger partial charge is 0.387 e. The van der Waals surface area contributed by atoms with Gasteiger partial charge in [0.05, 0.1) is 6.54 Å². The Hall–Kier alpha value is -1.64. The Bertz CT molecular complexity index is 442. The molecule has 1 amide bonds. The van der Waals surface area contributed by atoms with Gasteiger partial charge in [-0.3, -0.25) is 4.79 Å². The van der Waals surface area contributed by atoms with Crippen molar-refractivity contribution in [3.8, 4) is 0 Å². The first-order valence-electron chi connectivity index (χ1n) is 4.81. The molecular formula is C8H9F3N4O2. The van der Waals surface area contributed by atoms with Gasteiger partial charge in [-0.2, -0.15) is 13.2 Å². The summed E-state index contributed by atoms with van der Waals surface area (Å²) in [6, 6.07) is 0. The van der Waals surface area contributed by atoms with Crippen LogP contribution in [0.1, 0.15) is 11.6 Å². The van der Waals surface area contributed by atoms with Gasteiger partial charge in [0, 0.05) is 13.1 Å². The van der Waals surface area contributed by atoms with Gasteiger partial charge in [-0.05, 0) is 0 Å². The van der Waals surface area contributed by atoms with Crippen LogP contribution < -0.4 is 0 Å². The van der Waals surface area contributed by atoms with Gasteiger partial charge in [0.1, 0.15) is 6.61 Å². The van der Waals surface area contributed by atoms with E-state index in [1.54, 1.807) is 0 Å². The lowest BCUT2D eigenvalue weighted by atomic mass is 10.3. The Labute approximate surface area is 93.7 Å². The molecule has 1 aromatic rings. The Kier molecular flexibility index (Phi) is 2.77. The van der Waals surface area contributed by atoms with E-state index in [0.717, 1.165) is 4.57 Å². The third-order valence-corrected chi connectivity index (χ3v) is 2.49. The van der Waals surface area contributed by atoms with Gasteiger partial charge in [-0.15, -0.1) is 10.2 Å². The number of nitrogens with zero attached hydrogens (tertiary/aromatic N) is 4. The number of aliphatic hydroxyl groups excluding tert-OH is 1. The van der Waals surface area contributed by atoms with Crippen molar-refractivity contribution in [3.63, 3.8) is 0 Å². The number of carbonyl (C=O) groups is 1. The summed E-state index contributed by atoms with van der Waals surface area (Å²) >= 11 is 0. The molecule has 0 saturated heterocycles. The highest BCUT2D eigenvalue weighted by Gasteiger charge is 2.39. The Morgan fingerprint density at radius 1 is 1.35 bits per heavy atom. The number of halogens is 3. The molecule has 2 rings (SSSR count). The van der Waals surface area contributed by atoms with Gasteiger partial charge < -0.3 is 14.6 Å². The summed E-state index contributed by atoms with van der Waals surface area (Å²) in [4.78, 5) is 12.4. The van der Waals surface area contributed by atoms with Crippen molar-refractivity contribution in [3.05, 3.63) is 11.6 Å². The van der Waals surface area contributed by atoms with E-state index in [4.69, 9.17) is 5.11 Å². The number of fused-ring (bicyclic) bond motifs is 1. The topological polar surface area (TPSA) is 71.2 Å². The number of amides is 1. The van der Waals surface area contributed by atoms with Gasteiger partial charge >= 0.3 is 6.18 Å². The molecule has 0 aliphatic carbocycles. The molecular weight excluding hydrogens is 241 g/mol. The number of aliphatic hydroxyl groups is 1. The molecule has 0 fully saturated rings. The Morgan fingerprint density at radius 2 is 2.06 bits per heavy atom. The van der Waals surface area contributed by atoms with Crippen LogP contribution in [0.5, 0.6) is 0 Å². The first kappa shape index (κ1) is 11.8. The van der Waals surface area contributed by atoms with Crippen molar-refractivity contribution in [2.45, 2.75) is 19.3 Å². The first-order chi connectivity index (χ1) is 7.93. The summed E-state index contributed by atoms with van der Waals surface area (Å²) in [6.45, 7) is -0.654. The highest BCUT2D eigenvalue weighted by molar-refractivity contribution is 5.77. The van der Waals surface area contributed by atoms with Gasteiger partial charge in [0.2, 0.25) is 11.7 Å². The summed E-state index contributed by atoms with van der Waals surface area (Å²) < 4.78 is 38.4. The van der Waals surface area contributed by atoms with E-state index in [1.807, 2.05) is 0 Å². The van der Waals surface area contributed by atoms with Crippen LogP contribution >= 0.6 is 0 Å². The minimum absolute atomic E-state index is 0.0249. The molecule has 0 radical (unpaired) electrons. The van der Waals surface area contributed by atoms with Crippen molar-refractivity contribution < 1.29 is 23.1 Å². The number of aromatic nitrogens is 3. The zero-order chi connectivity index (χ0) is 12.6. The lowest BCUT2D eigenvalue weighted by Gasteiger charge is -2.27. The second-order valence-electron chi connectivity index (χ2n) is 3.56. The van der Waals surface area contributed by atoms with E-state index < -0.39 is 24.5 Å². The summed E-state index contributed by atoms with van der Waals surface area (Å²) in [5.41, 5.74) is 0. The maximum absolute atomic E-state index is 12.5. The molecule has 0 saturated carbocycles. The highest BCUT2D eigenvalue weighted by atomic mass is 19.4. The summed E-state index contributed by atoms with van der Waals surface area (Å²) in [7, 11) is 0. The fourth-order valence-electron chi connectivity index (χ4n) is 1.68. The van der Waals surface area contributed by atoms with E-state index in [-0.39, 0.29) is 25.5 Å². The molecule has 1 N–H and O–H groups in total. The summed E-state index contributed by atoms with van der Waals surface area (Å²) in [5, 5.41) is 15.1. The van der Waals surface area contributed by atoms with Crippen molar-refractivity contribution in [1.82, 2.24) is 19.7 Å². The predicted octanol–water partition coefficient (Wildman–Crippen LogP) is -0.369. The van der Waals surface area contributed by atoms with Crippen molar-refractivity contribution in [1.29, 1.82) is 0 Å². The average molecular weight is 250 g/mol. The van der Waals surface area contributed by atoms with E-state index in [0.29, 0.717) is 0 Å². The maximum Gasteiger partial charge on any atom is 0.451 e.